The molecule has 0 radical (unpaired) electrons. The van der Waals surface area contributed by atoms with E-state index in [4.69, 9.17) is 23.7 Å². The maximum Gasteiger partial charge on any atom is 0.335 e. The number of carbonyl (C=O) groups excluding carboxylic acids is 3. The molecule has 1 aliphatic heterocycles. The summed E-state index contributed by atoms with van der Waals surface area (Å²) in [7, 11) is 0. The number of aliphatic hydroxyl groups excluding tert-OH is 2. The molecule has 77 heavy (non-hydrogen) atoms. The van der Waals surface area contributed by atoms with E-state index < -0.39 is 67.3 Å². The summed E-state index contributed by atoms with van der Waals surface area (Å²) < 4.78 is 28.3. The van der Waals surface area contributed by atoms with E-state index in [9.17, 15) is 34.5 Å². The Morgan fingerprint density at radius 1 is 0.429 bits per heavy atom. The van der Waals surface area contributed by atoms with Gasteiger partial charge in [-0.2, -0.15) is 0 Å². The third kappa shape index (κ3) is 41.8. The Morgan fingerprint density at radius 2 is 0.805 bits per heavy atom. The normalized spacial score (nSPS) is 18.9. The van der Waals surface area contributed by atoms with Crippen molar-refractivity contribution in [1.29, 1.82) is 0 Å². The second kappa shape index (κ2) is 51.9. The number of unbranched alkanes of at least 4 members (excludes halogenated alkanes) is 14. The zero-order valence-electron chi connectivity index (χ0n) is 47.7. The lowest BCUT2D eigenvalue weighted by molar-refractivity contribution is -0.301. The van der Waals surface area contributed by atoms with Gasteiger partial charge in [-0.25, -0.2) is 4.79 Å². The number of ether oxygens (including phenoxy) is 5. The molecule has 1 aliphatic rings. The topological polar surface area (TPSA) is 175 Å². The van der Waals surface area contributed by atoms with Gasteiger partial charge >= 0.3 is 23.9 Å². The standard InChI is InChI=1S/C65H102O12/c1-4-7-10-13-16-19-22-25-27-29-31-34-36-39-42-45-48-51-57(66)73-54-56(75-58(67)52-49-46-43-40-37-33-24-21-18-15-12-9-6-3)55-74-65-63(61(70)60(69)62(77-65)64(71)72)76-59(68)53-50-47-44-41-38-35-32-30-28-26-23-20-17-14-11-8-5-2/h7-12,16-21,25-28,33,37,43,46,56,60-63,65,69-70H,4-6,13-15,22-24,29-32,34-36,38-42,44-45,47-55H2,1-3H3,(H,71,72)/b10-7-,11-8-,12-9-,19-16-,20-17-,21-18-,27-25-,28-26-,37-33-,46-43-. The van der Waals surface area contributed by atoms with Crippen LogP contribution in [0.3, 0.4) is 0 Å². The van der Waals surface area contributed by atoms with Crippen LogP contribution in [0.5, 0.6) is 0 Å². The van der Waals surface area contributed by atoms with Gasteiger partial charge in [0.2, 0.25) is 0 Å². The van der Waals surface area contributed by atoms with Gasteiger partial charge in [-0.1, -0.05) is 206 Å². The van der Waals surface area contributed by atoms with Gasteiger partial charge in [-0.05, 0) is 109 Å². The van der Waals surface area contributed by atoms with Crippen molar-refractivity contribution in [3.63, 3.8) is 0 Å². The minimum Gasteiger partial charge on any atom is -0.479 e. The van der Waals surface area contributed by atoms with Crippen molar-refractivity contribution >= 4 is 23.9 Å². The molecule has 6 atom stereocenters. The lowest BCUT2D eigenvalue weighted by Gasteiger charge is -2.40. The number of hydrogen-bond donors (Lipinski definition) is 3. The second-order valence-corrected chi connectivity index (χ2v) is 19.5. The molecule has 1 saturated heterocycles. The molecule has 0 amide bonds. The molecule has 12 heteroatoms. The minimum absolute atomic E-state index is 0.0320. The van der Waals surface area contributed by atoms with Crippen LogP contribution in [0, 0.1) is 0 Å². The van der Waals surface area contributed by atoms with E-state index in [-0.39, 0.29) is 25.9 Å². The summed E-state index contributed by atoms with van der Waals surface area (Å²) >= 11 is 0. The Labute approximate surface area is 465 Å². The first-order chi connectivity index (χ1) is 37.6. The molecule has 6 unspecified atom stereocenters. The number of rotatable bonds is 48. The van der Waals surface area contributed by atoms with Crippen molar-refractivity contribution in [2.75, 3.05) is 13.2 Å². The second-order valence-electron chi connectivity index (χ2n) is 19.5. The summed E-state index contributed by atoms with van der Waals surface area (Å²) in [4.78, 5) is 51.1. The molecule has 1 heterocycles. The van der Waals surface area contributed by atoms with Gasteiger partial charge in [0.1, 0.15) is 18.8 Å². The van der Waals surface area contributed by atoms with E-state index in [1.807, 2.05) is 12.2 Å². The molecule has 0 saturated carbocycles. The Hall–Kier alpha value is -4.88. The van der Waals surface area contributed by atoms with Gasteiger partial charge in [0, 0.05) is 19.3 Å². The van der Waals surface area contributed by atoms with E-state index in [2.05, 4.69) is 130 Å². The molecule has 1 rings (SSSR count). The van der Waals surface area contributed by atoms with Crippen LogP contribution in [-0.4, -0.2) is 89.2 Å². The van der Waals surface area contributed by atoms with E-state index >= 15 is 0 Å². The number of carboxylic acid groups (broad SMARTS) is 1. The summed E-state index contributed by atoms with van der Waals surface area (Å²) in [6.07, 6.45) is 59.0. The van der Waals surface area contributed by atoms with Gasteiger partial charge in [0.05, 0.1) is 6.61 Å². The summed E-state index contributed by atoms with van der Waals surface area (Å²) in [6.45, 7) is 5.57. The quantitative estimate of drug-likeness (QED) is 0.0228. The van der Waals surface area contributed by atoms with Crippen LogP contribution in [0.1, 0.15) is 213 Å². The number of esters is 3. The van der Waals surface area contributed by atoms with Crippen molar-refractivity contribution in [3.8, 4) is 0 Å². The maximum atomic E-state index is 13.1. The zero-order valence-corrected chi connectivity index (χ0v) is 47.7. The maximum absolute atomic E-state index is 13.1. The molecule has 434 valence electrons. The Balaban J connectivity index is 2.73. The van der Waals surface area contributed by atoms with Gasteiger partial charge in [-0.15, -0.1) is 0 Å². The fraction of sp³-hybridized carbons (Fsp3) is 0.631. The summed E-state index contributed by atoms with van der Waals surface area (Å²) in [5.41, 5.74) is 0. The summed E-state index contributed by atoms with van der Waals surface area (Å²) in [5, 5.41) is 31.5. The van der Waals surface area contributed by atoms with Crippen molar-refractivity contribution in [2.45, 2.75) is 250 Å². The largest absolute Gasteiger partial charge is 0.479 e. The number of aliphatic carboxylic acids is 1. The molecular formula is C65H102O12. The average molecular weight is 1080 g/mol. The monoisotopic (exact) mass is 1070 g/mol. The van der Waals surface area contributed by atoms with Crippen molar-refractivity contribution in [1.82, 2.24) is 0 Å². The average Bonchev–Trinajstić information content (AvgIpc) is 3.42. The van der Waals surface area contributed by atoms with Crippen LogP contribution in [-0.2, 0) is 42.9 Å². The zero-order chi connectivity index (χ0) is 56.1. The molecule has 3 N–H and O–H groups in total. The minimum atomic E-state index is -1.92. The Bertz CT molecular complexity index is 1800. The van der Waals surface area contributed by atoms with Crippen molar-refractivity contribution in [2.24, 2.45) is 0 Å². The summed E-state index contributed by atoms with van der Waals surface area (Å²) in [5.74, 6) is -3.27. The predicted molar refractivity (Wildman–Crippen MR) is 312 cm³/mol. The number of carbonyl (C=O) groups is 4. The first-order valence-corrected chi connectivity index (χ1v) is 29.5. The highest BCUT2D eigenvalue weighted by Gasteiger charge is 2.50. The number of hydrogen-bond acceptors (Lipinski definition) is 11. The van der Waals surface area contributed by atoms with Crippen LogP contribution < -0.4 is 0 Å². The fourth-order valence-corrected chi connectivity index (χ4v) is 8.12. The number of allylic oxidation sites excluding steroid dienone is 20. The fourth-order valence-electron chi connectivity index (χ4n) is 8.12. The highest BCUT2D eigenvalue weighted by molar-refractivity contribution is 5.74. The van der Waals surface area contributed by atoms with E-state index in [0.717, 1.165) is 148 Å². The first-order valence-electron chi connectivity index (χ1n) is 29.5. The molecule has 0 bridgehead atoms. The van der Waals surface area contributed by atoms with E-state index in [0.29, 0.717) is 25.7 Å². The highest BCUT2D eigenvalue weighted by atomic mass is 16.7. The highest BCUT2D eigenvalue weighted by Crippen LogP contribution is 2.26. The molecule has 12 nitrogen and oxygen atoms in total. The van der Waals surface area contributed by atoms with Crippen LogP contribution in [0.25, 0.3) is 0 Å². The van der Waals surface area contributed by atoms with Crippen LogP contribution in [0.15, 0.2) is 122 Å². The molecule has 0 aromatic heterocycles. The molecule has 0 aromatic rings. The molecular weight excluding hydrogens is 973 g/mol. The van der Waals surface area contributed by atoms with Gasteiger partial charge in [0.15, 0.2) is 24.6 Å². The third-order valence-electron chi connectivity index (χ3n) is 12.5. The molecule has 0 aliphatic carbocycles. The molecule has 1 fully saturated rings. The van der Waals surface area contributed by atoms with Gasteiger partial charge in [0.25, 0.3) is 0 Å². The van der Waals surface area contributed by atoms with Gasteiger partial charge < -0.3 is 39.0 Å². The molecule has 0 spiro atoms. The van der Waals surface area contributed by atoms with Crippen LogP contribution in [0.2, 0.25) is 0 Å². The lowest BCUT2D eigenvalue weighted by Crippen LogP contribution is -2.61. The van der Waals surface area contributed by atoms with E-state index in [1.54, 1.807) is 0 Å². The predicted octanol–water partition coefficient (Wildman–Crippen LogP) is 15.2. The van der Waals surface area contributed by atoms with Crippen molar-refractivity contribution < 1.29 is 58.2 Å². The van der Waals surface area contributed by atoms with Crippen LogP contribution >= 0.6 is 0 Å². The van der Waals surface area contributed by atoms with Crippen LogP contribution in [0.4, 0.5) is 0 Å². The Kier molecular flexibility index (Phi) is 47.2. The number of carboxylic acids is 1. The van der Waals surface area contributed by atoms with Gasteiger partial charge in [-0.3, -0.25) is 14.4 Å². The van der Waals surface area contributed by atoms with E-state index in [1.165, 1.54) is 0 Å². The Morgan fingerprint density at radius 3 is 1.23 bits per heavy atom. The number of aliphatic hydroxyl groups is 2. The first kappa shape index (κ1) is 70.1. The summed E-state index contributed by atoms with van der Waals surface area (Å²) in [6, 6.07) is 0. The lowest BCUT2D eigenvalue weighted by atomic mass is 9.98. The smallest absolute Gasteiger partial charge is 0.335 e. The third-order valence-corrected chi connectivity index (χ3v) is 12.5. The SMILES string of the molecule is CC/C=C\C/C=C\C/C=C\C/C=C\CCC(=O)OC(COC(=O)CCCCCCCCC/C=C\C/C=C\C/C=C\CC)COC1OC(C(=O)O)C(O)C(O)C1OC(=O)CCCCCCCCC/C=C\C/C=C\C/C=C\CC. The molecule has 0 aromatic carbocycles. The van der Waals surface area contributed by atoms with Crippen molar-refractivity contribution in [3.05, 3.63) is 122 Å².